The highest BCUT2D eigenvalue weighted by molar-refractivity contribution is 7.90. The molecule has 0 radical (unpaired) electrons. The molecule has 0 bridgehead atoms. The maximum Gasteiger partial charge on any atom is 0.154 e. The van der Waals surface area contributed by atoms with E-state index in [9.17, 15) is 8.42 Å². The van der Waals surface area contributed by atoms with Crippen molar-refractivity contribution in [2.45, 2.75) is 31.4 Å². The molecule has 0 aromatic heterocycles. The van der Waals surface area contributed by atoms with Gasteiger partial charge in [-0.3, -0.25) is 0 Å². The second kappa shape index (κ2) is 6.27. The molecule has 2 rings (SSSR count). The lowest BCUT2D eigenvalue weighted by atomic mass is 10.1. The van der Waals surface area contributed by atoms with Crippen molar-refractivity contribution in [3.63, 3.8) is 0 Å². The second-order valence-corrected chi connectivity index (χ2v) is 7.45. The van der Waals surface area contributed by atoms with Crippen LogP contribution in [0.25, 0.3) is 0 Å². The Morgan fingerprint density at radius 2 is 2.05 bits per heavy atom. The fourth-order valence-corrected chi connectivity index (χ4v) is 4.66. The summed E-state index contributed by atoms with van der Waals surface area (Å²) in [6.45, 7) is 0. The van der Waals surface area contributed by atoms with Crippen LogP contribution in [0.3, 0.4) is 0 Å². The van der Waals surface area contributed by atoms with Crippen molar-refractivity contribution in [2.24, 2.45) is 5.92 Å². The average molecular weight is 293 g/mol. The molecule has 0 amide bonds. The van der Waals surface area contributed by atoms with Crippen molar-refractivity contribution >= 4 is 9.84 Å². The van der Waals surface area contributed by atoms with E-state index < -0.39 is 9.84 Å². The van der Waals surface area contributed by atoms with Crippen LogP contribution in [0.15, 0.2) is 18.2 Å². The van der Waals surface area contributed by atoms with Crippen molar-refractivity contribution in [1.29, 1.82) is 5.26 Å². The zero-order valence-electron chi connectivity index (χ0n) is 11.6. The summed E-state index contributed by atoms with van der Waals surface area (Å²) in [4.78, 5) is 0. The Morgan fingerprint density at radius 1 is 1.35 bits per heavy atom. The third-order valence-corrected chi connectivity index (χ3v) is 5.48. The smallest absolute Gasteiger partial charge is 0.154 e. The van der Waals surface area contributed by atoms with Gasteiger partial charge in [-0.05, 0) is 37.0 Å². The van der Waals surface area contributed by atoms with Crippen LogP contribution in [-0.2, 0) is 15.6 Å². The maximum absolute atomic E-state index is 12.3. The van der Waals surface area contributed by atoms with E-state index in [-0.39, 0.29) is 11.5 Å². The molecule has 0 N–H and O–H groups in total. The van der Waals surface area contributed by atoms with Crippen LogP contribution >= 0.6 is 0 Å². The molecule has 0 atom stereocenters. The molecule has 0 unspecified atom stereocenters. The highest BCUT2D eigenvalue weighted by Crippen LogP contribution is 2.28. The SMILES string of the molecule is COc1ccc(C#N)cc1CS(=O)(=O)CC1CCCC1. The van der Waals surface area contributed by atoms with Crippen LogP contribution in [0.2, 0.25) is 0 Å². The van der Waals surface area contributed by atoms with Crippen LogP contribution in [0.1, 0.15) is 36.8 Å². The van der Waals surface area contributed by atoms with Crippen LogP contribution in [-0.4, -0.2) is 21.3 Å². The number of nitrogens with zero attached hydrogens (tertiary/aromatic N) is 1. The fourth-order valence-electron chi connectivity index (χ4n) is 2.79. The lowest BCUT2D eigenvalue weighted by molar-refractivity contribution is 0.411. The van der Waals surface area contributed by atoms with Gasteiger partial charge < -0.3 is 4.74 Å². The molecule has 20 heavy (non-hydrogen) atoms. The molecule has 0 saturated heterocycles. The number of sulfone groups is 1. The quantitative estimate of drug-likeness (QED) is 0.837. The van der Waals surface area contributed by atoms with Crippen LogP contribution in [0, 0.1) is 17.2 Å². The topological polar surface area (TPSA) is 67.2 Å². The minimum atomic E-state index is -3.17. The first kappa shape index (κ1) is 14.9. The standard InChI is InChI=1S/C15H19NO3S/c1-19-15-7-6-13(9-16)8-14(15)11-20(17,18)10-12-4-2-3-5-12/h6-8,12H,2-5,10-11H2,1H3. The molecular weight excluding hydrogens is 274 g/mol. The molecule has 0 heterocycles. The summed E-state index contributed by atoms with van der Waals surface area (Å²) in [6, 6.07) is 6.91. The number of benzene rings is 1. The van der Waals surface area contributed by atoms with Crippen LogP contribution in [0.4, 0.5) is 0 Å². The van der Waals surface area contributed by atoms with Crippen LogP contribution in [0.5, 0.6) is 5.75 Å². The monoisotopic (exact) mass is 293 g/mol. The summed E-state index contributed by atoms with van der Waals surface area (Å²) in [5, 5.41) is 8.91. The number of methoxy groups -OCH3 is 1. The third-order valence-electron chi connectivity index (χ3n) is 3.75. The molecular formula is C15H19NO3S. The molecule has 1 fully saturated rings. The number of hydrogen-bond acceptors (Lipinski definition) is 4. The number of hydrogen-bond donors (Lipinski definition) is 0. The van der Waals surface area contributed by atoms with Gasteiger partial charge in [0.15, 0.2) is 9.84 Å². The highest BCUT2D eigenvalue weighted by Gasteiger charge is 2.24. The first-order valence-electron chi connectivity index (χ1n) is 6.81. The van der Waals surface area contributed by atoms with Crippen LogP contribution < -0.4 is 4.74 Å². The van der Waals surface area contributed by atoms with Gasteiger partial charge in [0.05, 0.1) is 30.2 Å². The van der Waals surface area contributed by atoms with Gasteiger partial charge >= 0.3 is 0 Å². The van der Waals surface area contributed by atoms with Gasteiger partial charge in [-0.2, -0.15) is 5.26 Å². The fraction of sp³-hybridized carbons (Fsp3) is 0.533. The third kappa shape index (κ3) is 3.73. The van der Waals surface area contributed by atoms with Gasteiger partial charge in [0.25, 0.3) is 0 Å². The predicted molar refractivity (Wildman–Crippen MR) is 77.2 cm³/mol. The summed E-state index contributed by atoms with van der Waals surface area (Å²) in [5.74, 6) is 1.01. The van der Waals surface area contributed by atoms with Crippen molar-refractivity contribution in [3.8, 4) is 11.8 Å². The lowest BCUT2D eigenvalue weighted by Crippen LogP contribution is -2.16. The van der Waals surface area contributed by atoms with Crippen molar-refractivity contribution in [1.82, 2.24) is 0 Å². The number of rotatable bonds is 5. The molecule has 5 heteroatoms. The summed E-state index contributed by atoms with van der Waals surface area (Å²) < 4.78 is 29.8. The van der Waals surface area contributed by atoms with Gasteiger partial charge in [0, 0.05) is 5.56 Å². The molecule has 1 saturated carbocycles. The molecule has 1 aromatic rings. The summed E-state index contributed by atoms with van der Waals surface area (Å²) in [6.07, 6.45) is 4.28. The van der Waals surface area contributed by atoms with E-state index in [1.54, 1.807) is 18.2 Å². The Kier molecular flexibility index (Phi) is 4.66. The average Bonchev–Trinajstić information content (AvgIpc) is 2.90. The first-order valence-corrected chi connectivity index (χ1v) is 8.63. The largest absolute Gasteiger partial charge is 0.496 e. The zero-order valence-corrected chi connectivity index (χ0v) is 12.4. The normalized spacial score (nSPS) is 16.0. The number of nitriles is 1. The Balaban J connectivity index is 2.17. The Morgan fingerprint density at radius 3 is 2.65 bits per heavy atom. The number of ether oxygens (including phenoxy) is 1. The minimum Gasteiger partial charge on any atom is -0.496 e. The molecule has 1 aliphatic carbocycles. The van der Waals surface area contributed by atoms with E-state index in [0.717, 1.165) is 25.7 Å². The zero-order chi connectivity index (χ0) is 14.6. The van der Waals surface area contributed by atoms with Gasteiger partial charge in [-0.1, -0.05) is 12.8 Å². The summed E-state index contributed by atoms with van der Waals surface area (Å²) in [5.41, 5.74) is 1.03. The molecule has 0 spiro atoms. The van der Waals surface area contributed by atoms with Crippen molar-refractivity contribution in [3.05, 3.63) is 29.3 Å². The summed E-state index contributed by atoms with van der Waals surface area (Å²) in [7, 11) is -1.66. The first-order chi connectivity index (χ1) is 9.54. The van der Waals surface area contributed by atoms with E-state index in [4.69, 9.17) is 10.00 Å². The molecule has 1 aromatic carbocycles. The molecule has 108 valence electrons. The predicted octanol–water partition coefficient (Wildman–Crippen LogP) is 2.67. The minimum absolute atomic E-state index is 0.0534. The van der Waals surface area contributed by atoms with Crippen molar-refractivity contribution in [2.75, 3.05) is 12.9 Å². The van der Waals surface area contributed by atoms with E-state index in [1.807, 2.05) is 6.07 Å². The van der Waals surface area contributed by atoms with Gasteiger partial charge in [0.2, 0.25) is 0 Å². The van der Waals surface area contributed by atoms with Gasteiger partial charge in [0.1, 0.15) is 5.75 Å². The highest BCUT2D eigenvalue weighted by atomic mass is 32.2. The van der Waals surface area contributed by atoms with E-state index >= 15 is 0 Å². The Hall–Kier alpha value is -1.54. The second-order valence-electron chi connectivity index (χ2n) is 5.34. The van der Waals surface area contributed by atoms with Gasteiger partial charge in [-0.15, -0.1) is 0 Å². The van der Waals surface area contributed by atoms with Crippen molar-refractivity contribution < 1.29 is 13.2 Å². The lowest BCUT2D eigenvalue weighted by Gasteiger charge is -2.12. The van der Waals surface area contributed by atoms with E-state index in [1.165, 1.54) is 7.11 Å². The molecule has 0 aliphatic heterocycles. The van der Waals surface area contributed by atoms with E-state index in [2.05, 4.69) is 0 Å². The molecule has 4 nitrogen and oxygen atoms in total. The summed E-state index contributed by atoms with van der Waals surface area (Å²) >= 11 is 0. The Labute approximate surface area is 120 Å². The van der Waals surface area contributed by atoms with E-state index in [0.29, 0.717) is 22.8 Å². The molecule has 1 aliphatic rings. The van der Waals surface area contributed by atoms with Gasteiger partial charge in [-0.25, -0.2) is 8.42 Å². The maximum atomic E-state index is 12.3. The Bertz CT molecular complexity index is 610.